The summed E-state index contributed by atoms with van der Waals surface area (Å²) in [5.41, 5.74) is 5.49. The van der Waals surface area contributed by atoms with E-state index in [2.05, 4.69) is 20.5 Å². The Bertz CT molecular complexity index is 808. The molecule has 0 atom stereocenters. The van der Waals surface area contributed by atoms with Gasteiger partial charge in [-0.3, -0.25) is 9.78 Å². The predicted molar refractivity (Wildman–Crippen MR) is 87.5 cm³/mol. The number of amides is 1. The number of carbonyl (C=O) groups excluding carboxylic acids is 1. The van der Waals surface area contributed by atoms with Crippen LogP contribution in [0.5, 0.6) is 0 Å². The van der Waals surface area contributed by atoms with Gasteiger partial charge in [-0.1, -0.05) is 18.2 Å². The molecular formula is C17H15N5O. The summed E-state index contributed by atoms with van der Waals surface area (Å²) in [5.74, 6) is -0.333. The number of benzene rings is 1. The van der Waals surface area contributed by atoms with Crippen LogP contribution < -0.4 is 5.43 Å². The molecule has 0 aliphatic rings. The highest BCUT2D eigenvalue weighted by atomic mass is 16.2. The van der Waals surface area contributed by atoms with Gasteiger partial charge in [0.1, 0.15) is 5.69 Å². The number of hydrogen-bond acceptors (Lipinski definition) is 4. The maximum absolute atomic E-state index is 11.9. The molecule has 1 N–H and O–H groups in total. The Balaban J connectivity index is 1.70. The molecule has 2 aromatic heterocycles. The zero-order chi connectivity index (χ0) is 16.1. The SMILES string of the molecule is C/C(=N\NC(=O)c1ccccn1)c1ccc(-n2ccnc2)cc1. The standard InChI is InChI=1S/C17H15N5O/c1-13(20-21-17(23)16-4-2-3-9-19-16)14-5-7-15(8-6-14)22-11-10-18-12-22/h2-12H,1H3,(H,21,23)/b20-13+. The smallest absolute Gasteiger partial charge is 0.289 e. The van der Waals surface area contributed by atoms with Crippen molar-refractivity contribution >= 4 is 11.6 Å². The van der Waals surface area contributed by atoms with Gasteiger partial charge in [0.2, 0.25) is 0 Å². The van der Waals surface area contributed by atoms with Crippen molar-refractivity contribution in [2.75, 3.05) is 0 Å². The molecular weight excluding hydrogens is 290 g/mol. The van der Waals surface area contributed by atoms with Crippen molar-refractivity contribution in [2.45, 2.75) is 6.92 Å². The van der Waals surface area contributed by atoms with Gasteiger partial charge >= 0.3 is 0 Å². The van der Waals surface area contributed by atoms with Gasteiger partial charge in [0.15, 0.2) is 0 Å². The summed E-state index contributed by atoms with van der Waals surface area (Å²) in [6.07, 6.45) is 6.92. The van der Waals surface area contributed by atoms with E-state index in [1.165, 1.54) is 0 Å². The van der Waals surface area contributed by atoms with Crippen LogP contribution in [0.15, 0.2) is 72.5 Å². The number of hydrogen-bond donors (Lipinski definition) is 1. The normalized spacial score (nSPS) is 11.3. The van der Waals surface area contributed by atoms with E-state index in [-0.39, 0.29) is 5.91 Å². The lowest BCUT2D eigenvalue weighted by Gasteiger charge is -2.05. The molecule has 0 unspecified atom stereocenters. The molecule has 1 aromatic carbocycles. The third kappa shape index (κ3) is 3.49. The first-order valence-electron chi connectivity index (χ1n) is 7.08. The minimum Gasteiger partial charge on any atom is -0.306 e. The van der Waals surface area contributed by atoms with Gasteiger partial charge in [-0.2, -0.15) is 5.10 Å². The fourth-order valence-electron chi connectivity index (χ4n) is 2.04. The Labute approximate surface area is 133 Å². The zero-order valence-electron chi connectivity index (χ0n) is 12.5. The first-order valence-corrected chi connectivity index (χ1v) is 7.08. The number of nitrogens with zero attached hydrogens (tertiary/aromatic N) is 4. The summed E-state index contributed by atoms with van der Waals surface area (Å²) >= 11 is 0. The Kier molecular flexibility index (Phi) is 4.24. The molecule has 2 heterocycles. The first-order chi connectivity index (χ1) is 11.2. The van der Waals surface area contributed by atoms with Gasteiger partial charge in [0.05, 0.1) is 12.0 Å². The Morgan fingerprint density at radius 2 is 1.96 bits per heavy atom. The number of imidazole rings is 1. The number of rotatable bonds is 4. The lowest BCUT2D eigenvalue weighted by atomic mass is 10.1. The van der Waals surface area contributed by atoms with Crippen LogP contribution >= 0.6 is 0 Å². The highest BCUT2D eigenvalue weighted by molar-refractivity contribution is 6.00. The number of pyridine rings is 1. The summed E-state index contributed by atoms with van der Waals surface area (Å²) in [7, 11) is 0. The number of hydrazone groups is 1. The molecule has 0 aliphatic carbocycles. The lowest BCUT2D eigenvalue weighted by molar-refractivity contribution is 0.0950. The summed E-state index contributed by atoms with van der Waals surface area (Å²) in [6.45, 7) is 1.84. The van der Waals surface area contributed by atoms with E-state index in [0.29, 0.717) is 11.4 Å². The van der Waals surface area contributed by atoms with Gasteiger partial charge in [-0.05, 0) is 36.8 Å². The van der Waals surface area contributed by atoms with Gasteiger partial charge in [-0.25, -0.2) is 10.4 Å². The Morgan fingerprint density at radius 3 is 2.61 bits per heavy atom. The van der Waals surface area contributed by atoms with Gasteiger partial charge in [-0.15, -0.1) is 0 Å². The summed E-state index contributed by atoms with van der Waals surface area (Å²) in [5, 5.41) is 4.12. The van der Waals surface area contributed by atoms with Crippen LogP contribution in [0.3, 0.4) is 0 Å². The third-order valence-electron chi connectivity index (χ3n) is 3.31. The number of aromatic nitrogens is 3. The molecule has 3 rings (SSSR count). The van der Waals surface area contributed by atoms with Gasteiger partial charge < -0.3 is 4.57 Å². The topological polar surface area (TPSA) is 72.2 Å². The maximum Gasteiger partial charge on any atom is 0.289 e. The van der Waals surface area contributed by atoms with Gasteiger partial charge in [0.25, 0.3) is 5.91 Å². The highest BCUT2D eigenvalue weighted by Crippen LogP contribution is 2.10. The molecule has 6 nitrogen and oxygen atoms in total. The summed E-state index contributed by atoms with van der Waals surface area (Å²) < 4.78 is 1.92. The molecule has 0 bridgehead atoms. The minimum absolute atomic E-state index is 0.333. The molecule has 0 fully saturated rings. The van der Waals surface area contributed by atoms with E-state index >= 15 is 0 Å². The van der Waals surface area contributed by atoms with Crippen molar-refractivity contribution in [1.82, 2.24) is 20.0 Å². The lowest BCUT2D eigenvalue weighted by Crippen LogP contribution is -2.20. The van der Waals surface area contributed by atoms with E-state index in [1.807, 2.05) is 42.0 Å². The van der Waals surface area contributed by atoms with Crippen molar-refractivity contribution in [3.05, 3.63) is 78.6 Å². The van der Waals surface area contributed by atoms with Crippen molar-refractivity contribution < 1.29 is 4.79 Å². The second-order valence-electron chi connectivity index (χ2n) is 4.87. The van der Waals surface area contributed by atoms with Crippen LogP contribution in [0, 0.1) is 0 Å². The molecule has 1 amide bonds. The predicted octanol–water partition coefficient (Wildman–Crippen LogP) is 2.42. The molecule has 6 heteroatoms. The zero-order valence-corrected chi connectivity index (χ0v) is 12.5. The van der Waals surface area contributed by atoms with E-state index in [0.717, 1.165) is 11.3 Å². The van der Waals surface area contributed by atoms with Crippen molar-refractivity contribution in [2.24, 2.45) is 5.10 Å². The van der Waals surface area contributed by atoms with E-state index in [9.17, 15) is 4.79 Å². The maximum atomic E-state index is 11.9. The van der Waals surface area contributed by atoms with Crippen LogP contribution in [0.2, 0.25) is 0 Å². The molecule has 114 valence electrons. The Hall–Kier alpha value is -3.28. The van der Waals surface area contributed by atoms with Crippen LogP contribution in [0.1, 0.15) is 23.0 Å². The first kappa shape index (κ1) is 14.6. The molecule has 0 saturated carbocycles. The second kappa shape index (κ2) is 6.65. The molecule has 0 aliphatic heterocycles. The van der Waals surface area contributed by atoms with E-state index < -0.39 is 0 Å². The van der Waals surface area contributed by atoms with Crippen LogP contribution in [-0.4, -0.2) is 26.2 Å². The monoisotopic (exact) mass is 305 g/mol. The molecule has 3 aromatic rings. The van der Waals surface area contributed by atoms with Crippen molar-refractivity contribution in [1.29, 1.82) is 0 Å². The number of nitrogens with one attached hydrogen (secondary N) is 1. The molecule has 23 heavy (non-hydrogen) atoms. The average Bonchev–Trinajstić information content (AvgIpc) is 3.15. The van der Waals surface area contributed by atoms with Gasteiger partial charge in [0, 0.05) is 24.3 Å². The van der Waals surface area contributed by atoms with E-state index in [4.69, 9.17) is 0 Å². The molecule has 0 spiro atoms. The van der Waals surface area contributed by atoms with Crippen LogP contribution in [-0.2, 0) is 0 Å². The summed E-state index contributed by atoms with van der Waals surface area (Å²) in [4.78, 5) is 19.9. The van der Waals surface area contributed by atoms with Crippen LogP contribution in [0.4, 0.5) is 0 Å². The Morgan fingerprint density at radius 1 is 1.13 bits per heavy atom. The molecule has 0 radical (unpaired) electrons. The minimum atomic E-state index is -0.333. The largest absolute Gasteiger partial charge is 0.306 e. The van der Waals surface area contributed by atoms with E-state index in [1.54, 1.807) is 36.9 Å². The summed E-state index contributed by atoms with van der Waals surface area (Å²) in [6, 6.07) is 13.0. The molecule has 0 saturated heterocycles. The quantitative estimate of drug-likeness (QED) is 0.594. The highest BCUT2D eigenvalue weighted by Gasteiger charge is 2.05. The second-order valence-corrected chi connectivity index (χ2v) is 4.87. The van der Waals surface area contributed by atoms with Crippen molar-refractivity contribution in [3.8, 4) is 5.69 Å². The third-order valence-corrected chi connectivity index (χ3v) is 3.31. The fraction of sp³-hybridized carbons (Fsp3) is 0.0588. The average molecular weight is 305 g/mol. The van der Waals surface area contributed by atoms with Crippen molar-refractivity contribution in [3.63, 3.8) is 0 Å². The number of carbonyl (C=O) groups is 1. The van der Waals surface area contributed by atoms with Crippen LogP contribution in [0.25, 0.3) is 5.69 Å². The fourth-order valence-corrected chi connectivity index (χ4v) is 2.04.